The number of carbonyl (C=O) groups is 4. The standard InChI is InChI=1S/C15H22N2O4/c1-7(2)12(8(3)18)16-9(19)6-17-13(20)10-11(14(17)21)15(10,4)5/h7,10-12H,6H2,1-5H3,(H,16,19). The summed E-state index contributed by atoms with van der Waals surface area (Å²) in [6, 6.07) is -0.587. The summed E-state index contributed by atoms with van der Waals surface area (Å²) >= 11 is 0. The van der Waals surface area contributed by atoms with Crippen LogP contribution in [0, 0.1) is 23.2 Å². The summed E-state index contributed by atoms with van der Waals surface area (Å²) in [6.07, 6.45) is 0. The first kappa shape index (κ1) is 15.7. The molecule has 3 amide bonds. The smallest absolute Gasteiger partial charge is 0.240 e. The first-order valence-electron chi connectivity index (χ1n) is 7.24. The number of piperidine rings is 1. The van der Waals surface area contributed by atoms with Crippen molar-refractivity contribution < 1.29 is 19.2 Å². The van der Waals surface area contributed by atoms with Gasteiger partial charge in [-0.1, -0.05) is 27.7 Å². The van der Waals surface area contributed by atoms with E-state index in [0.29, 0.717) is 0 Å². The number of nitrogens with zero attached hydrogens (tertiary/aromatic N) is 1. The predicted octanol–water partition coefficient (Wildman–Crippen LogP) is 0.357. The van der Waals surface area contributed by atoms with Crippen LogP contribution >= 0.6 is 0 Å². The molecule has 6 heteroatoms. The summed E-state index contributed by atoms with van der Waals surface area (Å²) in [4.78, 5) is 48.7. The number of hydrogen-bond acceptors (Lipinski definition) is 4. The van der Waals surface area contributed by atoms with Crippen molar-refractivity contribution in [2.45, 2.75) is 40.7 Å². The third-order valence-corrected chi connectivity index (χ3v) is 4.61. The SMILES string of the molecule is CC(=O)C(NC(=O)CN1C(=O)C2C(C1=O)C2(C)C)C(C)C. The molecule has 0 aromatic carbocycles. The molecule has 1 saturated heterocycles. The van der Waals surface area contributed by atoms with Gasteiger partial charge in [-0.25, -0.2) is 0 Å². The maximum absolute atomic E-state index is 12.1. The Labute approximate surface area is 124 Å². The van der Waals surface area contributed by atoms with Gasteiger partial charge < -0.3 is 5.32 Å². The van der Waals surface area contributed by atoms with Gasteiger partial charge in [0, 0.05) is 0 Å². The van der Waals surface area contributed by atoms with Crippen LogP contribution in [-0.4, -0.2) is 41.0 Å². The average Bonchev–Trinajstić information content (AvgIpc) is 2.82. The number of hydrogen-bond donors (Lipinski definition) is 1. The van der Waals surface area contributed by atoms with Crippen LogP contribution in [0.3, 0.4) is 0 Å². The average molecular weight is 294 g/mol. The van der Waals surface area contributed by atoms with Gasteiger partial charge in [0.25, 0.3) is 0 Å². The van der Waals surface area contributed by atoms with Crippen LogP contribution in [-0.2, 0) is 19.2 Å². The monoisotopic (exact) mass is 294 g/mol. The number of imide groups is 1. The lowest BCUT2D eigenvalue weighted by Gasteiger charge is -2.23. The Morgan fingerprint density at radius 3 is 2.05 bits per heavy atom. The summed E-state index contributed by atoms with van der Waals surface area (Å²) in [5.41, 5.74) is -0.277. The molecule has 1 heterocycles. The minimum absolute atomic E-state index is 0.0382. The Bertz CT molecular complexity index is 500. The highest BCUT2D eigenvalue weighted by Crippen LogP contribution is 2.63. The van der Waals surface area contributed by atoms with E-state index in [4.69, 9.17) is 0 Å². The molecule has 0 aromatic rings. The summed E-state index contributed by atoms with van der Waals surface area (Å²) in [5, 5.41) is 2.60. The van der Waals surface area contributed by atoms with Crippen LogP contribution in [0.5, 0.6) is 0 Å². The fraction of sp³-hybridized carbons (Fsp3) is 0.733. The minimum atomic E-state index is -0.587. The highest BCUT2D eigenvalue weighted by molar-refractivity contribution is 6.12. The quantitative estimate of drug-likeness (QED) is 0.742. The number of carbonyl (C=O) groups excluding carboxylic acids is 4. The highest BCUT2D eigenvalue weighted by Gasteiger charge is 2.72. The fourth-order valence-electron chi connectivity index (χ4n) is 3.26. The molecule has 1 saturated carbocycles. The summed E-state index contributed by atoms with van der Waals surface area (Å²) in [6.45, 7) is 8.55. The van der Waals surface area contributed by atoms with E-state index in [1.54, 1.807) is 0 Å². The molecule has 0 aromatic heterocycles. The number of amides is 3. The van der Waals surface area contributed by atoms with Crippen LogP contribution in [0.1, 0.15) is 34.6 Å². The molecule has 0 radical (unpaired) electrons. The van der Waals surface area contributed by atoms with Gasteiger partial charge in [0.2, 0.25) is 17.7 Å². The second kappa shape index (κ2) is 4.93. The normalized spacial score (nSPS) is 27.6. The van der Waals surface area contributed by atoms with Crippen molar-refractivity contribution in [3.8, 4) is 0 Å². The number of likely N-dealkylation sites (tertiary alicyclic amines) is 1. The van der Waals surface area contributed by atoms with Crippen LogP contribution in [0.25, 0.3) is 0 Å². The molecule has 116 valence electrons. The van der Waals surface area contributed by atoms with Gasteiger partial charge in [0.1, 0.15) is 6.54 Å². The Morgan fingerprint density at radius 1 is 1.19 bits per heavy atom. The Balaban J connectivity index is 1.97. The van der Waals surface area contributed by atoms with Crippen LogP contribution in [0.2, 0.25) is 0 Å². The molecule has 1 aliphatic heterocycles. The van der Waals surface area contributed by atoms with Gasteiger partial charge in [-0.05, 0) is 18.3 Å². The van der Waals surface area contributed by atoms with E-state index in [-0.39, 0.29) is 47.3 Å². The zero-order chi connectivity index (χ0) is 16.1. The predicted molar refractivity (Wildman–Crippen MR) is 74.9 cm³/mol. The first-order chi connectivity index (χ1) is 9.59. The Hall–Kier alpha value is -1.72. The lowest BCUT2D eigenvalue weighted by atomic mass is 10.0. The minimum Gasteiger partial charge on any atom is -0.344 e. The lowest BCUT2D eigenvalue weighted by molar-refractivity contribution is -0.146. The number of ketones is 1. The van der Waals surface area contributed by atoms with Gasteiger partial charge in [0.15, 0.2) is 5.78 Å². The summed E-state index contributed by atoms with van der Waals surface area (Å²) in [5.74, 6) is -1.75. The molecule has 3 atom stereocenters. The second-order valence-corrected chi connectivity index (χ2v) is 6.94. The molecule has 6 nitrogen and oxygen atoms in total. The van der Waals surface area contributed by atoms with Gasteiger partial charge in [-0.3, -0.25) is 24.1 Å². The van der Waals surface area contributed by atoms with Crippen molar-refractivity contribution in [3.63, 3.8) is 0 Å². The third-order valence-electron chi connectivity index (χ3n) is 4.61. The van der Waals surface area contributed by atoms with E-state index in [2.05, 4.69) is 5.32 Å². The topological polar surface area (TPSA) is 83.6 Å². The van der Waals surface area contributed by atoms with Crippen LogP contribution < -0.4 is 5.32 Å². The Morgan fingerprint density at radius 2 is 1.67 bits per heavy atom. The Kier molecular flexibility index (Phi) is 3.68. The van der Waals surface area contributed by atoms with E-state index in [9.17, 15) is 19.2 Å². The van der Waals surface area contributed by atoms with Crippen molar-refractivity contribution >= 4 is 23.5 Å². The molecule has 1 N–H and O–H groups in total. The summed E-state index contributed by atoms with van der Waals surface area (Å²) < 4.78 is 0. The zero-order valence-corrected chi connectivity index (χ0v) is 13.1. The molecule has 2 aliphatic rings. The molecule has 2 fully saturated rings. The van der Waals surface area contributed by atoms with Crippen molar-refractivity contribution in [3.05, 3.63) is 0 Å². The fourth-order valence-corrected chi connectivity index (χ4v) is 3.26. The largest absolute Gasteiger partial charge is 0.344 e. The molecular formula is C15H22N2O4. The van der Waals surface area contributed by atoms with Crippen molar-refractivity contribution in [1.29, 1.82) is 0 Å². The number of fused-ring (bicyclic) bond motifs is 1. The van der Waals surface area contributed by atoms with Crippen LogP contribution in [0.15, 0.2) is 0 Å². The van der Waals surface area contributed by atoms with E-state index in [1.807, 2.05) is 27.7 Å². The molecular weight excluding hydrogens is 272 g/mol. The molecule has 21 heavy (non-hydrogen) atoms. The summed E-state index contributed by atoms with van der Waals surface area (Å²) in [7, 11) is 0. The van der Waals surface area contributed by atoms with Crippen LogP contribution in [0.4, 0.5) is 0 Å². The first-order valence-corrected chi connectivity index (χ1v) is 7.24. The third kappa shape index (κ3) is 2.47. The van der Waals surface area contributed by atoms with E-state index in [0.717, 1.165) is 4.90 Å². The molecule has 2 rings (SSSR count). The van der Waals surface area contributed by atoms with Crippen molar-refractivity contribution in [2.75, 3.05) is 6.54 Å². The van der Waals surface area contributed by atoms with Gasteiger partial charge in [0.05, 0.1) is 17.9 Å². The van der Waals surface area contributed by atoms with E-state index in [1.165, 1.54) is 6.92 Å². The molecule has 0 spiro atoms. The number of nitrogens with one attached hydrogen (secondary N) is 1. The molecule has 3 unspecified atom stereocenters. The second-order valence-electron chi connectivity index (χ2n) is 6.94. The van der Waals surface area contributed by atoms with Gasteiger partial charge in [-0.2, -0.15) is 0 Å². The highest BCUT2D eigenvalue weighted by atomic mass is 16.2. The van der Waals surface area contributed by atoms with Gasteiger partial charge >= 0.3 is 0 Å². The maximum Gasteiger partial charge on any atom is 0.240 e. The molecule has 1 aliphatic carbocycles. The van der Waals surface area contributed by atoms with Gasteiger partial charge in [-0.15, -0.1) is 0 Å². The zero-order valence-electron chi connectivity index (χ0n) is 13.1. The maximum atomic E-state index is 12.1. The van der Waals surface area contributed by atoms with Crippen molar-refractivity contribution in [1.82, 2.24) is 10.2 Å². The van der Waals surface area contributed by atoms with E-state index < -0.39 is 11.9 Å². The van der Waals surface area contributed by atoms with E-state index >= 15 is 0 Å². The molecule has 0 bridgehead atoms. The lowest BCUT2D eigenvalue weighted by Crippen LogP contribution is -2.49. The van der Waals surface area contributed by atoms with Crippen molar-refractivity contribution in [2.24, 2.45) is 23.2 Å². The number of Topliss-reactive ketones (excluding diaryl/α,β-unsaturated/α-hetero) is 1. The number of rotatable bonds is 5.